The van der Waals surface area contributed by atoms with E-state index in [9.17, 15) is 0 Å². The molecule has 1 saturated heterocycles. The molecule has 1 aliphatic rings. The van der Waals surface area contributed by atoms with Gasteiger partial charge in [0.25, 0.3) is 0 Å². The van der Waals surface area contributed by atoms with Crippen molar-refractivity contribution < 1.29 is 0 Å². The standard InChI is InChI=1S/C16H28N4/c1-12(2)15-8-13(10-17)9-16(18-15)20(4)11-14-6-5-7-19(14)3/h8-9,12,14H,5-7,10-11,17H2,1-4H3. The van der Waals surface area contributed by atoms with Gasteiger partial charge in [-0.2, -0.15) is 0 Å². The van der Waals surface area contributed by atoms with E-state index in [2.05, 4.69) is 49.9 Å². The maximum absolute atomic E-state index is 5.82. The van der Waals surface area contributed by atoms with Crippen LogP contribution in [0.5, 0.6) is 0 Å². The summed E-state index contributed by atoms with van der Waals surface area (Å²) in [6.45, 7) is 7.18. The largest absolute Gasteiger partial charge is 0.358 e. The van der Waals surface area contributed by atoms with Crippen LogP contribution in [0.15, 0.2) is 12.1 Å². The third-order valence-electron chi connectivity index (χ3n) is 4.27. The topological polar surface area (TPSA) is 45.4 Å². The number of nitrogens with zero attached hydrogens (tertiary/aromatic N) is 3. The van der Waals surface area contributed by atoms with Crippen molar-refractivity contribution in [2.75, 3.05) is 32.1 Å². The predicted octanol–water partition coefficient (Wildman–Crippen LogP) is 2.19. The number of likely N-dealkylation sites (tertiary alicyclic amines) is 1. The van der Waals surface area contributed by atoms with E-state index in [4.69, 9.17) is 10.7 Å². The van der Waals surface area contributed by atoms with Crippen LogP contribution in [0, 0.1) is 0 Å². The summed E-state index contributed by atoms with van der Waals surface area (Å²) in [7, 11) is 4.35. The molecule has 1 aromatic heterocycles. The van der Waals surface area contributed by atoms with Gasteiger partial charge in [0.2, 0.25) is 0 Å². The molecule has 2 N–H and O–H groups in total. The molecule has 1 fully saturated rings. The fourth-order valence-electron chi connectivity index (χ4n) is 2.82. The third kappa shape index (κ3) is 3.49. The van der Waals surface area contributed by atoms with Gasteiger partial charge >= 0.3 is 0 Å². The van der Waals surface area contributed by atoms with Crippen molar-refractivity contribution in [2.45, 2.75) is 45.2 Å². The van der Waals surface area contributed by atoms with Crippen LogP contribution in [-0.4, -0.2) is 43.1 Å². The van der Waals surface area contributed by atoms with Crippen LogP contribution < -0.4 is 10.6 Å². The molecule has 0 bridgehead atoms. The van der Waals surface area contributed by atoms with Gasteiger partial charge in [0.15, 0.2) is 0 Å². The molecule has 20 heavy (non-hydrogen) atoms. The van der Waals surface area contributed by atoms with E-state index in [1.54, 1.807) is 0 Å². The molecule has 0 aromatic carbocycles. The molecule has 112 valence electrons. The molecule has 0 saturated carbocycles. The number of aromatic nitrogens is 1. The minimum Gasteiger partial charge on any atom is -0.358 e. The van der Waals surface area contributed by atoms with Gasteiger partial charge in [-0.1, -0.05) is 13.8 Å². The lowest BCUT2D eigenvalue weighted by Gasteiger charge is -2.27. The van der Waals surface area contributed by atoms with Crippen LogP contribution in [0.4, 0.5) is 5.82 Å². The van der Waals surface area contributed by atoms with Gasteiger partial charge in [-0.05, 0) is 50.0 Å². The van der Waals surface area contributed by atoms with Crippen LogP contribution in [0.2, 0.25) is 0 Å². The first-order valence-corrected chi connectivity index (χ1v) is 7.63. The molecule has 1 atom stereocenters. The molecule has 1 aromatic rings. The molecule has 4 heteroatoms. The first kappa shape index (κ1) is 15.3. The molecule has 0 radical (unpaired) electrons. The van der Waals surface area contributed by atoms with Gasteiger partial charge in [0.1, 0.15) is 5.82 Å². The molecule has 0 amide bonds. The smallest absolute Gasteiger partial charge is 0.128 e. The van der Waals surface area contributed by atoms with Crippen molar-refractivity contribution in [1.82, 2.24) is 9.88 Å². The second kappa shape index (κ2) is 6.55. The lowest BCUT2D eigenvalue weighted by atomic mass is 10.1. The van der Waals surface area contributed by atoms with Gasteiger partial charge in [0.05, 0.1) is 0 Å². The summed E-state index contributed by atoms with van der Waals surface area (Å²) in [4.78, 5) is 9.53. The number of hydrogen-bond donors (Lipinski definition) is 1. The van der Waals surface area contributed by atoms with Crippen LogP contribution in [0.3, 0.4) is 0 Å². The number of rotatable bonds is 5. The first-order valence-electron chi connectivity index (χ1n) is 7.63. The number of hydrogen-bond acceptors (Lipinski definition) is 4. The Morgan fingerprint density at radius 3 is 2.75 bits per heavy atom. The SMILES string of the molecule is CC(C)c1cc(CN)cc(N(C)CC2CCCN2C)n1. The van der Waals surface area contributed by atoms with E-state index in [-0.39, 0.29) is 0 Å². The Morgan fingerprint density at radius 1 is 1.45 bits per heavy atom. The zero-order chi connectivity index (χ0) is 14.7. The zero-order valence-electron chi connectivity index (χ0n) is 13.3. The molecule has 0 aliphatic carbocycles. The number of likely N-dealkylation sites (N-methyl/N-ethyl adjacent to an activating group) is 2. The highest BCUT2D eigenvalue weighted by atomic mass is 15.2. The Balaban J connectivity index is 2.15. The fraction of sp³-hybridized carbons (Fsp3) is 0.688. The van der Waals surface area contributed by atoms with E-state index in [0.29, 0.717) is 18.5 Å². The molecule has 2 rings (SSSR count). The predicted molar refractivity (Wildman–Crippen MR) is 85.1 cm³/mol. The Morgan fingerprint density at radius 2 is 2.20 bits per heavy atom. The summed E-state index contributed by atoms with van der Waals surface area (Å²) in [6.07, 6.45) is 2.59. The van der Waals surface area contributed by atoms with E-state index in [1.807, 2.05) is 0 Å². The third-order valence-corrected chi connectivity index (χ3v) is 4.27. The maximum atomic E-state index is 5.82. The highest BCUT2D eigenvalue weighted by molar-refractivity contribution is 5.42. The molecular formula is C16H28N4. The van der Waals surface area contributed by atoms with Crippen molar-refractivity contribution in [3.05, 3.63) is 23.4 Å². The molecule has 1 aliphatic heterocycles. The number of anilines is 1. The van der Waals surface area contributed by atoms with Crippen LogP contribution in [0.1, 0.15) is 43.9 Å². The zero-order valence-corrected chi connectivity index (χ0v) is 13.3. The summed E-state index contributed by atoms with van der Waals surface area (Å²) < 4.78 is 0. The number of nitrogens with two attached hydrogens (primary N) is 1. The van der Waals surface area contributed by atoms with Crippen molar-refractivity contribution in [3.63, 3.8) is 0 Å². The summed E-state index contributed by atoms with van der Waals surface area (Å²) in [5.74, 6) is 1.49. The Kier molecular flexibility index (Phi) is 5.00. The second-order valence-corrected chi connectivity index (χ2v) is 6.27. The highest BCUT2D eigenvalue weighted by Gasteiger charge is 2.22. The lowest BCUT2D eigenvalue weighted by molar-refractivity contribution is 0.314. The van der Waals surface area contributed by atoms with Gasteiger partial charge in [-0.3, -0.25) is 0 Å². The van der Waals surface area contributed by atoms with Gasteiger partial charge in [-0.25, -0.2) is 4.98 Å². The van der Waals surface area contributed by atoms with Crippen molar-refractivity contribution >= 4 is 5.82 Å². The fourth-order valence-corrected chi connectivity index (χ4v) is 2.82. The van der Waals surface area contributed by atoms with Crippen LogP contribution >= 0.6 is 0 Å². The Labute approximate surface area is 123 Å². The normalized spacial score (nSPS) is 19.8. The average Bonchev–Trinajstić information content (AvgIpc) is 2.83. The summed E-state index contributed by atoms with van der Waals surface area (Å²) in [6, 6.07) is 4.90. The van der Waals surface area contributed by atoms with E-state index < -0.39 is 0 Å². The van der Waals surface area contributed by atoms with Gasteiger partial charge < -0.3 is 15.5 Å². The summed E-state index contributed by atoms with van der Waals surface area (Å²) >= 11 is 0. The Hall–Kier alpha value is -1.13. The summed E-state index contributed by atoms with van der Waals surface area (Å²) in [5, 5.41) is 0. The maximum Gasteiger partial charge on any atom is 0.128 e. The quantitative estimate of drug-likeness (QED) is 0.895. The highest BCUT2D eigenvalue weighted by Crippen LogP contribution is 2.22. The van der Waals surface area contributed by atoms with Crippen LogP contribution in [0.25, 0.3) is 0 Å². The molecule has 2 heterocycles. The van der Waals surface area contributed by atoms with E-state index >= 15 is 0 Å². The van der Waals surface area contributed by atoms with Crippen molar-refractivity contribution in [2.24, 2.45) is 5.73 Å². The first-order chi connectivity index (χ1) is 9.51. The second-order valence-electron chi connectivity index (χ2n) is 6.27. The minimum atomic E-state index is 0.433. The van der Waals surface area contributed by atoms with E-state index in [1.165, 1.54) is 24.9 Å². The monoisotopic (exact) mass is 276 g/mol. The number of pyridine rings is 1. The molecule has 4 nitrogen and oxygen atoms in total. The molecule has 1 unspecified atom stereocenters. The Bertz CT molecular complexity index is 444. The van der Waals surface area contributed by atoms with Crippen molar-refractivity contribution in [1.29, 1.82) is 0 Å². The molecular weight excluding hydrogens is 248 g/mol. The lowest BCUT2D eigenvalue weighted by Crippen LogP contribution is -2.37. The van der Waals surface area contributed by atoms with Crippen molar-refractivity contribution in [3.8, 4) is 0 Å². The summed E-state index contributed by atoms with van der Waals surface area (Å²) in [5.41, 5.74) is 8.12. The van der Waals surface area contributed by atoms with E-state index in [0.717, 1.165) is 18.1 Å². The van der Waals surface area contributed by atoms with Gasteiger partial charge in [-0.15, -0.1) is 0 Å². The van der Waals surface area contributed by atoms with Gasteiger partial charge in [0, 0.05) is 31.9 Å². The molecule has 0 spiro atoms. The average molecular weight is 276 g/mol. The van der Waals surface area contributed by atoms with Crippen LogP contribution in [-0.2, 0) is 6.54 Å². The minimum absolute atomic E-state index is 0.433.